The number of hydrogen-bond donors (Lipinski definition) is 3. The van der Waals surface area contributed by atoms with Gasteiger partial charge in [0.25, 0.3) is 5.91 Å². The zero-order valence-electron chi connectivity index (χ0n) is 24.1. The number of nitrogens with two attached hydrogens (primary N) is 1. The number of piperidine rings is 1. The second-order valence-electron chi connectivity index (χ2n) is 12.2. The van der Waals surface area contributed by atoms with Crippen LogP contribution in [0.4, 0.5) is 4.79 Å². The average molecular weight is 555 g/mol. The summed E-state index contributed by atoms with van der Waals surface area (Å²) in [5, 5.41) is 5.56. The number of carbonyl (C=O) groups is 5. The summed E-state index contributed by atoms with van der Waals surface area (Å²) >= 11 is 0. The molecular formula is C30H42N4O6. The summed E-state index contributed by atoms with van der Waals surface area (Å²) in [5.41, 5.74) is 7.34. The minimum Gasteiger partial charge on any atom is -0.447 e. The van der Waals surface area contributed by atoms with Crippen LogP contribution in [-0.2, 0) is 36.8 Å². The molecule has 4 rings (SSSR count). The lowest BCUT2D eigenvalue weighted by Crippen LogP contribution is -2.59. The fraction of sp³-hybridized carbons (Fsp3) is 0.633. The van der Waals surface area contributed by atoms with Gasteiger partial charge in [-0.3, -0.25) is 19.2 Å². The van der Waals surface area contributed by atoms with E-state index >= 15 is 0 Å². The zero-order valence-corrected chi connectivity index (χ0v) is 24.1. The molecule has 0 radical (unpaired) electrons. The maximum Gasteiger partial charge on any atom is 0.408 e. The number of carbonyl (C=O) groups excluding carboxylic acids is 5. The summed E-state index contributed by atoms with van der Waals surface area (Å²) in [5.74, 6) is -2.97. The van der Waals surface area contributed by atoms with Gasteiger partial charge in [-0.15, -0.1) is 0 Å². The Morgan fingerprint density at radius 2 is 1.70 bits per heavy atom. The van der Waals surface area contributed by atoms with Crippen LogP contribution in [0, 0.1) is 23.2 Å². The Kier molecular flexibility index (Phi) is 8.56. The molecule has 1 aromatic carbocycles. The van der Waals surface area contributed by atoms with Crippen LogP contribution < -0.4 is 16.4 Å². The number of hydrogen-bond acceptors (Lipinski definition) is 6. The van der Waals surface area contributed by atoms with Gasteiger partial charge in [0.1, 0.15) is 18.2 Å². The predicted molar refractivity (Wildman–Crippen MR) is 148 cm³/mol. The third kappa shape index (κ3) is 5.71. The van der Waals surface area contributed by atoms with E-state index in [1.165, 1.54) is 0 Å². The largest absolute Gasteiger partial charge is 0.447 e. The highest BCUT2D eigenvalue weighted by Gasteiger charge is 2.69. The monoisotopic (exact) mass is 554 g/mol. The van der Waals surface area contributed by atoms with Crippen molar-refractivity contribution in [2.24, 2.45) is 28.9 Å². The average Bonchev–Trinajstić information content (AvgIpc) is 3.29. The maximum absolute atomic E-state index is 14.3. The minimum absolute atomic E-state index is 0.101. The maximum atomic E-state index is 14.3. The summed E-state index contributed by atoms with van der Waals surface area (Å²) in [6.07, 6.45) is 1.71. The van der Waals surface area contributed by atoms with Crippen molar-refractivity contribution < 1.29 is 28.7 Å². The molecule has 2 fully saturated rings. The van der Waals surface area contributed by atoms with Crippen LogP contribution in [0.2, 0.25) is 0 Å². The number of nitrogens with one attached hydrogen (secondary N) is 2. The fourth-order valence-electron chi connectivity index (χ4n) is 6.62. The van der Waals surface area contributed by atoms with Crippen molar-refractivity contribution in [3.8, 4) is 0 Å². The zero-order chi connectivity index (χ0) is 29.4. The number of nitrogens with zero attached hydrogens (tertiary/aromatic N) is 1. The van der Waals surface area contributed by atoms with Gasteiger partial charge in [-0.25, -0.2) is 4.79 Å². The van der Waals surface area contributed by atoms with Gasteiger partial charge in [0.2, 0.25) is 17.6 Å². The van der Waals surface area contributed by atoms with E-state index in [2.05, 4.69) is 24.5 Å². The quantitative estimate of drug-likeness (QED) is 0.357. The Hall–Kier alpha value is -3.43. The summed E-state index contributed by atoms with van der Waals surface area (Å²) in [4.78, 5) is 66.4. The highest BCUT2D eigenvalue weighted by Crippen LogP contribution is 2.65. The number of benzene rings is 1. The van der Waals surface area contributed by atoms with Crippen LogP contribution in [0.3, 0.4) is 0 Å². The predicted octanol–water partition coefficient (Wildman–Crippen LogP) is 2.12. The van der Waals surface area contributed by atoms with Crippen molar-refractivity contribution >= 4 is 29.6 Å². The van der Waals surface area contributed by atoms with Crippen molar-refractivity contribution in [3.05, 3.63) is 35.4 Å². The molecule has 1 aromatic rings. The van der Waals surface area contributed by atoms with Crippen LogP contribution in [0.25, 0.3) is 0 Å². The normalized spacial score (nSPS) is 24.7. The highest BCUT2D eigenvalue weighted by molar-refractivity contribution is 6.37. The second-order valence-corrected chi connectivity index (χ2v) is 12.2. The summed E-state index contributed by atoms with van der Waals surface area (Å²) in [6.45, 7) is 10.0. The van der Waals surface area contributed by atoms with Gasteiger partial charge in [-0.1, -0.05) is 58.4 Å². The number of ketones is 1. The smallest absolute Gasteiger partial charge is 0.408 e. The first-order chi connectivity index (χ1) is 18.9. The molecule has 1 saturated carbocycles. The van der Waals surface area contributed by atoms with E-state index in [-0.39, 0.29) is 41.6 Å². The molecule has 1 heterocycles. The van der Waals surface area contributed by atoms with Crippen molar-refractivity contribution in [3.63, 3.8) is 0 Å². The van der Waals surface area contributed by atoms with Crippen molar-refractivity contribution in [2.75, 3.05) is 6.54 Å². The van der Waals surface area contributed by atoms with Crippen LogP contribution >= 0.6 is 0 Å². The molecule has 4 N–H and O–H groups in total. The van der Waals surface area contributed by atoms with Crippen molar-refractivity contribution in [2.45, 2.75) is 91.0 Å². The van der Waals surface area contributed by atoms with E-state index in [1.54, 1.807) is 11.8 Å². The standard InChI is InChI=1S/C30H42N4O6/c1-6-10-21(25(35)26(31)36)32-27(37)24-22-20(30(22,4)5)15-34(24)28(38)23(33-29(39)40-16(3)7-2)19-13-17-11-8-9-12-18(17)14-19/h8-9,11-12,16,19-24H,6-7,10,13-15H2,1-5H3,(H2,31,36)(H,32,37)(H,33,39)/t16?,20-,21?,22-,23-,24-/m0/s1. The Morgan fingerprint density at radius 1 is 1.07 bits per heavy atom. The molecule has 1 saturated heterocycles. The summed E-state index contributed by atoms with van der Waals surface area (Å²) < 4.78 is 5.46. The molecule has 0 spiro atoms. The first-order valence-electron chi connectivity index (χ1n) is 14.4. The highest BCUT2D eigenvalue weighted by atomic mass is 16.6. The van der Waals surface area contributed by atoms with Crippen LogP contribution in [0.15, 0.2) is 24.3 Å². The van der Waals surface area contributed by atoms with E-state index in [9.17, 15) is 24.0 Å². The number of ether oxygens (including phenoxy) is 1. The Morgan fingerprint density at radius 3 is 2.25 bits per heavy atom. The Labute approximate surface area is 235 Å². The SMILES string of the molecule is CCCC(NC(=O)[C@@H]1[C@@H]2[C@H](CN1C(=O)[C@@H](NC(=O)OC(C)CC)C1Cc3ccccc3C1)C2(C)C)C(=O)C(N)=O. The molecule has 218 valence electrons. The van der Waals surface area contributed by atoms with E-state index in [4.69, 9.17) is 10.5 Å². The molecule has 40 heavy (non-hydrogen) atoms. The molecule has 0 aromatic heterocycles. The van der Waals surface area contributed by atoms with E-state index in [1.807, 2.05) is 38.1 Å². The number of rotatable bonds is 11. The van der Waals surface area contributed by atoms with Crippen LogP contribution in [0.1, 0.15) is 65.0 Å². The molecule has 1 aliphatic heterocycles. The van der Waals surface area contributed by atoms with Gasteiger partial charge >= 0.3 is 6.09 Å². The number of primary amides is 1. The third-order valence-corrected chi connectivity index (χ3v) is 9.19. The Bertz CT molecular complexity index is 1160. The van der Waals surface area contributed by atoms with Gasteiger partial charge in [0.05, 0.1) is 6.04 Å². The molecule has 10 heteroatoms. The van der Waals surface area contributed by atoms with Gasteiger partial charge in [0.15, 0.2) is 0 Å². The molecule has 2 unspecified atom stereocenters. The van der Waals surface area contributed by atoms with E-state index in [0.29, 0.717) is 32.2 Å². The van der Waals surface area contributed by atoms with Gasteiger partial charge < -0.3 is 26.0 Å². The van der Waals surface area contributed by atoms with Crippen molar-refractivity contribution in [1.29, 1.82) is 0 Å². The second kappa shape index (κ2) is 11.6. The molecule has 6 atom stereocenters. The molecule has 3 aliphatic rings. The van der Waals surface area contributed by atoms with Gasteiger partial charge in [-0.05, 0) is 66.9 Å². The van der Waals surface area contributed by atoms with Crippen LogP contribution in [0.5, 0.6) is 0 Å². The minimum atomic E-state index is -1.10. The lowest BCUT2D eigenvalue weighted by atomic mass is 9.93. The summed E-state index contributed by atoms with van der Waals surface area (Å²) in [7, 11) is 0. The molecule has 0 bridgehead atoms. The molecule has 10 nitrogen and oxygen atoms in total. The lowest BCUT2D eigenvalue weighted by molar-refractivity contribution is -0.144. The third-order valence-electron chi connectivity index (χ3n) is 9.19. The molecule has 4 amide bonds. The topological polar surface area (TPSA) is 148 Å². The first kappa shape index (κ1) is 29.6. The number of fused-ring (bicyclic) bond motifs is 2. The molecule has 2 aliphatic carbocycles. The fourth-order valence-corrected chi connectivity index (χ4v) is 6.62. The van der Waals surface area contributed by atoms with Gasteiger partial charge in [-0.2, -0.15) is 0 Å². The lowest BCUT2D eigenvalue weighted by Gasteiger charge is -2.35. The number of amides is 4. The number of likely N-dealkylation sites (tertiary alicyclic amines) is 1. The van der Waals surface area contributed by atoms with Crippen molar-refractivity contribution in [1.82, 2.24) is 15.5 Å². The number of Topliss-reactive ketones (excluding diaryl/α,β-unsaturated/α-hetero) is 1. The molecular weight excluding hydrogens is 512 g/mol. The summed E-state index contributed by atoms with van der Waals surface area (Å²) in [6, 6.07) is 5.21. The van der Waals surface area contributed by atoms with E-state index in [0.717, 1.165) is 11.1 Å². The van der Waals surface area contributed by atoms with Crippen LogP contribution in [-0.4, -0.2) is 65.3 Å². The van der Waals surface area contributed by atoms with Gasteiger partial charge in [0, 0.05) is 6.54 Å². The van der Waals surface area contributed by atoms with E-state index < -0.39 is 41.8 Å². The number of alkyl carbamates (subject to hydrolysis) is 1. The first-order valence-corrected chi connectivity index (χ1v) is 14.4. The Balaban J connectivity index is 1.59.